The Bertz CT molecular complexity index is 519. The molecule has 0 radical (unpaired) electrons. The van der Waals surface area contributed by atoms with Crippen LogP contribution in [0.3, 0.4) is 0 Å². The van der Waals surface area contributed by atoms with E-state index in [2.05, 4.69) is 10.4 Å². The number of anilines is 1. The van der Waals surface area contributed by atoms with Crippen molar-refractivity contribution in [3.05, 3.63) is 42.2 Å². The molecule has 0 saturated carbocycles. The summed E-state index contributed by atoms with van der Waals surface area (Å²) in [7, 11) is 0. The van der Waals surface area contributed by atoms with Crippen molar-refractivity contribution in [3.63, 3.8) is 0 Å². The van der Waals surface area contributed by atoms with Gasteiger partial charge in [0.15, 0.2) is 0 Å². The highest BCUT2D eigenvalue weighted by Gasteiger charge is 2.01. The quantitative estimate of drug-likeness (QED) is 0.849. The number of alkyl halides is 1. The Hall–Kier alpha value is -1.81. The molecule has 1 heterocycles. The standard InChI is InChI=1S/C12H12ClN3O/c1-9-6-7-16(15-9)11-4-2-10(3-5-11)14-12(17)8-13/h2-7H,8H2,1H3,(H,14,17). The van der Waals surface area contributed by atoms with Crippen LogP contribution in [0.15, 0.2) is 36.5 Å². The second-order valence-electron chi connectivity index (χ2n) is 3.63. The molecule has 1 aromatic heterocycles. The van der Waals surface area contributed by atoms with Crippen molar-refractivity contribution in [2.45, 2.75) is 6.92 Å². The first-order chi connectivity index (χ1) is 8.19. The predicted molar refractivity (Wildman–Crippen MR) is 67.7 cm³/mol. The molecule has 0 fully saturated rings. The maximum Gasteiger partial charge on any atom is 0.239 e. The molecule has 0 unspecified atom stereocenters. The van der Waals surface area contributed by atoms with E-state index in [1.54, 1.807) is 4.68 Å². The lowest BCUT2D eigenvalue weighted by Gasteiger charge is -2.05. The van der Waals surface area contributed by atoms with Crippen molar-refractivity contribution in [1.29, 1.82) is 0 Å². The third kappa shape index (κ3) is 2.85. The van der Waals surface area contributed by atoms with Crippen molar-refractivity contribution in [3.8, 4) is 5.69 Å². The summed E-state index contributed by atoms with van der Waals surface area (Å²) in [5.41, 5.74) is 2.63. The third-order valence-corrected chi connectivity index (χ3v) is 2.50. The highest BCUT2D eigenvalue weighted by atomic mass is 35.5. The lowest BCUT2D eigenvalue weighted by atomic mass is 10.3. The van der Waals surface area contributed by atoms with Gasteiger partial charge in [0.1, 0.15) is 5.88 Å². The van der Waals surface area contributed by atoms with E-state index in [1.807, 2.05) is 43.5 Å². The van der Waals surface area contributed by atoms with Crippen LogP contribution in [0.25, 0.3) is 5.69 Å². The average molecular weight is 250 g/mol. The van der Waals surface area contributed by atoms with Gasteiger partial charge in [0.25, 0.3) is 0 Å². The Morgan fingerprint density at radius 2 is 2.06 bits per heavy atom. The van der Waals surface area contributed by atoms with Crippen LogP contribution < -0.4 is 5.32 Å². The van der Waals surface area contributed by atoms with E-state index in [1.165, 1.54) is 0 Å². The molecule has 0 aliphatic carbocycles. The summed E-state index contributed by atoms with van der Waals surface area (Å²) in [4.78, 5) is 11.1. The summed E-state index contributed by atoms with van der Waals surface area (Å²) in [5.74, 6) is -0.255. The summed E-state index contributed by atoms with van der Waals surface area (Å²) >= 11 is 5.41. The Morgan fingerprint density at radius 3 is 2.59 bits per heavy atom. The number of carbonyl (C=O) groups excluding carboxylic acids is 1. The van der Waals surface area contributed by atoms with Crippen LogP contribution in [0.1, 0.15) is 5.69 Å². The molecule has 0 aliphatic rings. The molecule has 0 atom stereocenters. The van der Waals surface area contributed by atoms with Crippen LogP contribution in [0, 0.1) is 6.92 Å². The highest BCUT2D eigenvalue weighted by molar-refractivity contribution is 6.29. The van der Waals surface area contributed by atoms with Gasteiger partial charge >= 0.3 is 0 Å². The van der Waals surface area contributed by atoms with E-state index in [-0.39, 0.29) is 11.8 Å². The van der Waals surface area contributed by atoms with Crippen molar-refractivity contribution < 1.29 is 4.79 Å². The predicted octanol–water partition coefficient (Wildman–Crippen LogP) is 2.36. The summed E-state index contributed by atoms with van der Waals surface area (Å²) in [6.45, 7) is 1.94. The molecule has 2 aromatic rings. The largest absolute Gasteiger partial charge is 0.325 e. The van der Waals surface area contributed by atoms with Gasteiger partial charge in [0.05, 0.1) is 11.4 Å². The second-order valence-corrected chi connectivity index (χ2v) is 3.90. The second kappa shape index (κ2) is 5.01. The molecule has 0 bridgehead atoms. The van der Waals surface area contributed by atoms with Crippen LogP contribution >= 0.6 is 11.6 Å². The van der Waals surface area contributed by atoms with Gasteiger partial charge in [-0.1, -0.05) is 0 Å². The van der Waals surface area contributed by atoms with Crippen LogP contribution in [-0.2, 0) is 4.79 Å². The fourth-order valence-electron chi connectivity index (χ4n) is 1.45. The van der Waals surface area contributed by atoms with E-state index in [0.717, 1.165) is 17.1 Å². The molecule has 1 aromatic carbocycles. The summed E-state index contributed by atoms with van der Waals surface area (Å²) in [5, 5.41) is 6.97. The number of nitrogens with zero attached hydrogens (tertiary/aromatic N) is 2. The van der Waals surface area contributed by atoms with Crippen LogP contribution in [0.5, 0.6) is 0 Å². The zero-order valence-corrected chi connectivity index (χ0v) is 10.1. The van der Waals surface area contributed by atoms with Crippen molar-refractivity contribution in [2.24, 2.45) is 0 Å². The first kappa shape index (κ1) is 11.7. The van der Waals surface area contributed by atoms with Gasteiger partial charge in [0, 0.05) is 11.9 Å². The minimum atomic E-state index is -0.214. The van der Waals surface area contributed by atoms with Crippen molar-refractivity contribution in [1.82, 2.24) is 9.78 Å². The molecule has 88 valence electrons. The molecule has 0 aliphatic heterocycles. The average Bonchev–Trinajstić information content (AvgIpc) is 2.77. The molecule has 1 N–H and O–H groups in total. The van der Waals surface area contributed by atoms with Crippen molar-refractivity contribution >= 4 is 23.2 Å². The lowest BCUT2D eigenvalue weighted by molar-refractivity contribution is -0.113. The van der Waals surface area contributed by atoms with Gasteiger partial charge in [-0.25, -0.2) is 4.68 Å². The Morgan fingerprint density at radius 1 is 1.35 bits per heavy atom. The molecule has 5 heteroatoms. The normalized spacial score (nSPS) is 10.2. The monoisotopic (exact) mass is 249 g/mol. The number of hydrogen-bond donors (Lipinski definition) is 1. The first-order valence-corrected chi connectivity index (χ1v) is 5.71. The van der Waals surface area contributed by atoms with Crippen LogP contribution in [0.4, 0.5) is 5.69 Å². The van der Waals surface area contributed by atoms with Crippen LogP contribution in [-0.4, -0.2) is 21.6 Å². The number of halogens is 1. The van der Waals surface area contributed by atoms with Gasteiger partial charge in [-0.3, -0.25) is 4.79 Å². The van der Waals surface area contributed by atoms with E-state index in [4.69, 9.17) is 11.6 Å². The van der Waals surface area contributed by atoms with E-state index < -0.39 is 0 Å². The number of nitrogens with one attached hydrogen (secondary N) is 1. The van der Waals surface area contributed by atoms with Gasteiger partial charge in [-0.15, -0.1) is 11.6 Å². The molecule has 2 rings (SSSR count). The van der Waals surface area contributed by atoms with Gasteiger partial charge in [-0.05, 0) is 37.3 Å². The smallest absolute Gasteiger partial charge is 0.239 e. The number of hydrogen-bond acceptors (Lipinski definition) is 2. The maximum absolute atomic E-state index is 11.1. The molecule has 4 nitrogen and oxygen atoms in total. The number of carbonyl (C=O) groups is 1. The first-order valence-electron chi connectivity index (χ1n) is 5.17. The Balaban J connectivity index is 2.15. The van der Waals surface area contributed by atoms with Gasteiger partial charge < -0.3 is 5.32 Å². The highest BCUT2D eigenvalue weighted by Crippen LogP contribution is 2.13. The minimum Gasteiger partial charge on any atom is -0.325 e. The molecule has 0 saturated heterocycles. The van der Waals surface area contributed by atoms with Gasteiger partial charge in [0.2, 0.25) is 5.91 Å². The van der Waals surface area contributed by atoms with Crippen LogP contribution in [0.2, 0.25) is 0 Å². The maximum atomic E-state index is 11.1. The molecule has 1 amide bonds. The Labute approximate surface area is 104 Å². The van der Waals surface area contributed by atoms with E-state index in [9.17, 15) is 4.79 Å². The summed E-state index contributed by atoms with van der Waals surface area (Å²) < 4.78 is 1.78. The lowest BCUT2D eigenvalue weighted by Crippen LogP contribution is -2.12. The topological polar surface area (TPSA) is 46.9 Å². The number of amides is 1. The zero-order valence-electron chi connectivity index (χ0n) is 9.35. The van der Waals surface area contributed by atoms with Gasteiger partial charge in [-0.2, -0.15) is 5.10 Å². The number of aromatic nitrogens is 2. The fourth-order valence-corrected chi connectivity index (χ4v) is 1.52. The number of rotatable bonds is 3. The number of aryl methyl sites for hydroxylation is 1. The summed E-state index contributed by atoms with van der Waals surface area (Å²) in [6, 6.07) is 9.34. The minimum absolute atomic E-state index is 0.0416. The molecular weight excluding hydrogens is 238 g/mol. The fraction of sp³-hybridized carbons (Fsp3) is 0.167. The Kier molecular flexibility index (Phi) is 3.44. The third-order valence-electron chi connectivity index (χ3n) is 2.26. The van der Waals surface area contributed by atoms with Crippen molar-refractivity contribution in [2.75, 3.05) is 11.2 Å². The summed E-state index contributed by atoms with van der Waals surface area (Å²) in [6.07, 6.45) is 1.89. The molecular formula is C12H12ClN3O. The SMILES string of the molecule is Cc1ccn(-c2ccc(NC(=O)CCl)cc2)n1. The number of benzene rings is 1. The zero-order chi connectivity index (χ0) is 12.3. The molecule has 17 heavy (non-hydrogen) atoms. The van der Waals surface area contributed by atoms with E-state index >= 15 is 0 Å². The van der Waals surface area contributed by atoms with E-state index in [0.29, 0.717) is 0 Å². The molecule has 0 spiro atoms.